The number of piperidine rings is 1. The van der Waals surface area contributed by atoms with E-state index in [1.807, 2.05) is 6.92 Å². The lowest BCUT2D eigenvalue weighted by Crippen LogP contribution is -2.41. The SMILES string of the molecule is C[C@H]1OCc2c3c(nc(N)c21)CCC(C(=O)N1CCCCC1)C3. The molecule has 0 aromatic carbocycles. The summed E-state index contributed by atoms with van der Waals surface area (Å²) >= 11 is 0. The molecule has 2 N–H and O–H groups in total. The van der Waals surface area contributed by atoms with E-state index in [0.29, 0.717) is 18.3 Å². The van der Waals surface area contributed by atoms with E-state index in [0.717, 1.165) is 56.5 Å². The second kappa shape index (κ2) is 5.78. The second-order valence-corrected chi connectivity index (χ2v) is 7.09. The van der Waals surface area contributed by atoms with Gasteiger partial charge in [0.15, 0.2) is 0 Å². The molecule has 3 aliphatic rings. The van der Waals surface area contributed by atoms with Gasteiger partial charge in [-0.1, -0.05) is 0 Å². The third-order valence-corrected chi connectivity index (χ3v) is 5.65. The van der Waals surface area contributed by atoms with Crippen molar-refractivity contribution in [3.05, 3.63) is 22.4 Å². The average molecular weight is 315 g/mol. The number of carbonyl (C=O) groups is 1. The van der Waals surface area contributed by atoms with Gasteiger partial charge in [-0.05, 0) is 56.6 Å². The molecule has 1 aromatic rings. The molecule has 0 radical (unpaired) electrons. The number of amides is 1. The molecule has 4 rings (SSSR count). The van der Waals surface area contributed by atoms with Gasteiger partial charge in [-0.15, -0.1) is 0 Å². The molecule has 1 aliphatic carbocycles. The topological polar surface area (TPSA) is 68.5 Å². The molecule has 1 aromatic heterocycles. The molecule has 5 heteroatoms. The van der Waals surface area contributed by atoms with Gasteiger partial charge < -0.3 is 15.4 Å². The number of hydrogen-bond donors (Lipinski definition) is 1. The van der Waals surface area contributed by atoms with E-state index in [9.17, 15) is 4.79 Å². The van der Waals surface area contributed by atoms with Gasteiger partial charge in [-0.2, -0.15) is 0 Å². The van der Waals surface area contributed by atoms with Crippen LogP contribution in [0.4, 0.5) is 5.82 Å². The van der Waals surface area contributed by atoms with Crippen molar-refractivity contribution in [2.75, 3.05) is 18.8 Å². The summed E-state index contributed by atoms with van der Waals surface area (Å²) < 4.78 is 5.77. The predicted molar refractivity (Wildman–Crippen MR) is 87.8 cm³/mol. The molecule has 1 saturated heterocycles. The Balaban J connectivity index is 1.60. The lowest BCUT2D eigenvalue weighted by Gasteiger charge is -2.33. The van der Waals surface area contributed by atoms with Crippen LogP contribution in [-0.2, 0) is 29.0 Å². The zero-order valence-electron chi connectivity index (χ0n) is 13.8. The molecule has 0 bridgehead atoms. The Morgan fingerprint density at radius 1 is 1.26 bits per heavy atom. The summed E-state index contributed by atoms with van der Waals surface area (Å²) in [5, 5.41) is 0. The molecule has 23 heavy (non-hydrogen) atoms. The first-order valence-electron chi connectivity index (χ1n) is 8.85. The van der Waals surface area contributed by atoms with Crippen LogP contribution in [0.1, 0.15) is 61.1 Å². The number of rotatable bonds is 1. The Labute approximate surface area is 137 Å². The fourth-order valence-corrected chi connectivity index (χ4v) is 4.37. The van der Waals surface area contributed by atoms with E-state index < -0.39 is 0 Å². The van der Waals surface area contributed by atoms with E-state index in [1.54, 1.807) is 0 Å². The maximum atomic E-state index is 12.8. The summed E-state index contributed by atoms with van der Waals surface area (Å²) in [6, 6.07) is 0. The third-order valence-electron chi connectivity index (χ3n) is 5.65. The Morgan fingerprint density at radius 3 is 2.83 bits per heavy atom. The number of aromatic nitrogens is 1. The highest BCUT2D eigenvalue weighted by Gasteiger charge is 2.34. The number of aryl methyl sites for hydroxylation is 1. The summed E-state index contributed by atoms with van der Waals surface area (Å²) in [7, 11) is 0. The number of ether oxygens (including phenoxy) is 1. The smallest absolute Gasteiger partial charge is 0.226 e. The average Bonchev–Trinajstić information content (AvgIpc) is 2.98. The highest BCUT2D eigenvalue weighted by Crippen LogP contribution is 2.40. The summed E-state index contributed by atoms with van der Waals surface area (Å²) in [4.78, 5) is 19.5. The van der Waals surface area contributed by atoms with Gasteiger partial charge in [0.2, 0.25) is 5.91 Å². The molecule has 1 fully saturated rings. The minimum absolute atomic E-state index is 0.0148. The first kappa shape index (κ1) is 14.9. The zero-order chi connectivity index (χ0) is 16.0. The van der Waals surface area contributed by atoms with E-state index in [-0.39, 0.29) is 12.0 Å². The number of fused-ring (bicyclic) bond motifs is 3. The monoisotopic (exact) mass is 315 g/mol. The van der Waals surface area contributed by atoms with Crippen LogP contribution >= 0.6 is 0 Å². The van der Waals surface area contributed by atoms with Crippen LogP contribution in [0.15, 0.2) is 0 Å². The lowest BCUT2D eigenvalue weighted by atomic mass is 9.82. The quantitative estimate of drug-likeness (QED) is 0.864. The summed E-state index contributed by atoms with van der Waals surface area (Å²) in [6.07, 6.45) is 6.11. The van der Waals surface area contributed by atoms with E-state index in [1.165, 1.54) is 17.5 Å². The zero-order valence-corrected chi connectivity index (χ0v) is 13.8. The Hall–Kier alpha value is -1.62. The van der Waals surface area contributed by atoms with Crippen molar-refractivity contribution in [3.8, 4) is 0 Å². The van der Waals surface area contributed by atoms with E-state index in [4.69, 9.17) is 10.5 Å². The van der Waals surface area contributed by atoms with Crippen LogP contribution in [0.25, 0.3) is 0 Å². The van der Waals surface area contributed by atoms with Gasteiger partial charge >= 0.3 is 0 Å². The molecule has 1 amide bonds. The highest BCUT2D eigenvalue weighted by molar-refractivity contribution is 5.79. The van der Waals surface area contributed by atoms with Crippen LogP contribution in [0.3, 0.4) is 0 Å². The number of carbonyl (C=O) groups excluding carboxylic acids is 1. The van der Waals surface area contributed by atoms with Gasteiger partial charge in [0, 0.05) is 30.3 Å². The Kier molecular flexibility index (Phi) is 3.76. The van der Waals surface area contributed by atoms with Crippen LogP contribution < -0.4 is 5.73 Å². The van der Waals surface area contributed by atoms with Crippen molar-refractivity contribution >= 4 is 11.7 Å². The third kappa shape index (κ3) is 2.51. The largest absolute Gasteiger partial charge is 0.383 e. The fraction of sp³-hybridized carbons (Fsp3) is 0.667. The van der Waals surface area contributed by atoms with Crippen molar-refractivity contribution < 1.29 is 9.53 Å². The first-order valence-corrected chi connectivity index (χ1v) is 8.85. The highest BCUT2D eigenvalue weighted by atomic mass is 16.5. The molecule has 3 heterocycles. The Bertz CT molecular complexity index is 638. The number of nitrogens with zero attached hydrogens (tertiary/aromatic N) is 2. The minimum Gasteiger partial charge on any atom is -0.383 e. The van der Waals surface area contributed by atoms with Crippen LogP contribution in [0, 0.1) is 5.92 Å². The van der Waals surface area contributed by atoms with Crippen LogP contribution in [0.2, 0.25) is 0 Å². The minimum atomic E-state index is 0.0148. The summed E-state index contributed by atoms with van der Waals surface area (Å²) in [6.45, 7) is 4.49. The van der Waals surface area contributed by atoms with Crippen molar-refractivity contribution in [1.29, 1.82) is 0 Å². The summed E-state index contributed by atoms with van der Waals surface area (Å²) in [5.74, 6) is 1.06. The maximum Gasteiger partial charge on any atom is 0.226 e. The standard InChI is InChI=1S/C18H25N3O2/c1-11-16-14(10-23-11)13-9-12(5-6-15(13)20-17(16)19)18(22)21-7-3-2-4-8-21/h11-12H,2-10H2,1H3,(H2,19,20)/t11-,12?/m1/s1. The molecule has 124 valence electrons. The Morgan fingerprint density at radius 2 is 2.04 bits per heavy atom. The van der Waals surface area contributed by atoms with Crippen molar-refractivity contribution in [2.45, 2.75) is 58.2 Å². The molecule has 2 atom stereocenters. The van der Waals surface area contributed by atoms with Gasteiger partial charge in [0.1, 0.15) is 5.82 Å². The van der Waals surface area contributed by atoms with Crippen molar-refractivity contribution in [1.82, 2.24) is 9.88 Å². The molecule has 1 unspecified atom stereocenters. The van der Waals surface area contributed by atoms with Gasteiger partial charge in [-0.3, -0.25) is 4.79 Å². The normalized spacial score (nSPS) is 26.7. The molecule has 5 nitrogen and oxygen atoms in total. The van der Waals surface area contributed by atoms with Crippen LogP contribution in [0.5, 0.6) is 0 Å². The predicted octanol–water partition coefficient (Wildman–Crippen LogP) is 2.37. The first-order chi connectivity index (χ1) is 11.1. The van der Waals surface area contributed by atoms with E-state index in [2.05, 4.69) is 9.88 Å². The number of nitrogens with two attached hydrogens (primary N) is 1. The number of pyridine rings is 1. The number of hydrogen-bond acceptors (Lipinski definition) is 4. The van der Waals surface area contributed by atoms with Gasteiger partial charge in [0.25, 0.3) is 0 Å². The molecular formula is C18H25N3O2. The van der Waals surface area contributed by atoms with Crippen LogP contribution in [-0.4, -0.2) is 28.9 Å². The maximum absolute atomic E-state index is 12.8. The fourth-order valence-electron chi connectivity index (χ4n) is 4.37. The molecule has 0 spiro atoms. The second-order valence-electron chi connectivity index (χ2n) is 7.09. The van der Waals surface area contributed by atoms with Crippen molar-refractivity contribution in [2.24, 2.45) is 5.92 Å². The molecule has 2 aliphatic heterocycles. The van der Waals surface area contributed by atoms with Gasteiger partial charge in [0.05, 0.1) is 12.7 Å². The van der Waals surface area contributed by atoms with E-state index >= 15 is 0 Å². The number of anilines is 1. The van der Waals surface area contributed by atoms with Crippen molar-refractivity contribution in [3.63, 3.8) is 0 Å². The molecular weight excluding hydrogens is 290 g/mol. The summed E-state index contributed by atoms with van der Waals surface area (Å²) in [5.41, 5.74) is 10.7. The number of likely N-dealkylation sites (tertiary alicyclic amines) is 1. The lowest BCUT2D eigenvalue weighted by molar-refractivity contribution is -0.136. The molecule has 0 saturated carbocycles. The van der Waals surface area contributed by atoms with Gasteiger partial charge in [-0.25, -0.2) is 4.98 Å². The number of nitrogen functional groups attached to an aromatic ring is 1.